The molecule has 0 atom stereocenters. The van der Waals surface area contributed by atoms with Gasteiger partial charge in [-0.1, -0.05) is 73.7 Å². The number of hydrogen-bond acceptors (Lipinski definition) is 8. The van der Waals surface area contributed by atoms with Crippen molar-refractivity contribution in [1.29, 1.82) is 0 Å². The third-order valence-corrected chi connectivity index (χ3v) is 8.29. The first-order chi connectivity index (χ1) is 23.2. The smallest absolute Gasteiger partial charge is 0.424 e. The van der Waals surface area contributed by atoms with Gasteiger partial charge in [-0.05, 0) is 39.8 Å². The maximum absolute atomic E-state index is 13.2. The van der Waals surface area contributed by atoms with Crippen molar-refractivity contribution in [3.8, 4) is 11.1 Å². The molecule has 4 aromatic rings. The number of fused-ring (bicyclic) bond motifs is 4. The Balaban J connectivity index is 0.00000167. The minimum absolute atomic E-state index is 0.0290. The summed E-state index contributed by atoms with van der Waals surface area (Å²) in [5, 5.41) is 9.40. The number of benzene rings is 3. The highest BCUT2D eigenvalue weighted by Crippen LogP contribution is 2.44. The van der Waals surface area contributed by atoms with Crippen molar-refractivity contribution in [3.63, 3.8) is 0 Å². The third kappa shape index (κ3) is 8.61. The number of nitrogens with one attached hydrogen (secondary N) is 2. The minimum atomic E-state index is -0.458. The second-order valence-electron chi connectivity index (χ2n) is 11.3. The Bertz CT molecular complexity index is 1770. The Morgan fingerprint density at radius 1 is 0.833 bits per heavy atom. The maximum Gasteiger partial charge on any atom is 0.424 e. The molecule has 0 aliphatic heterocycles. The molecule has 0 unspecified atom stereocenters. The van der Waals surface area contributed by atoms with E-state index in [1.165, 1.54) is 16.1 Å². The molecule has 5 rings (SSSR count). The summed E-state index contributed by atoms with van der Waals surface area (Å²) in [6, 6.07) is 26.4. The molecular weight excluding hydrogens is 614 g/mol. The van der Waals surface area contributed by atoms with Gasteiger partial charge >= 0.3 is 12.2 Å². The van der Waals surface area contributed by atoms with Crippen LogP contribution >= 0.6 is 0 Å². The van der Waals surface area contributed by atoms with Crippen LogP contribution in [0.4, 0.5) is 4.79 Å². The molecule has 0 bridgehead atoms. The van der Waals surface area contributed by atoms with Gasteiger partial charge in [-0.3, -0.25) is 14.4 Å². The van der Waals surface area contributed by atoms with Crippen LogP contribution in [0.2, 0.25) is 0 Å². The topological polar surface area (TPSA) is 147 Å². The molecule has 12 heteroatoms. The van der Waals surface area contributed by atoms with Crippen LogP contribution in [0.3, 0.4) is 0 Å². The van der Waals surface area contributed by atoms with E-state index >= 15 is 0 Å². The molecule has 0 spiro atoms. The molecule has 1 aliphatic carbocycles. The van der Waals surface area contributed by atoms with Crippen LogP contribution in [0, 0.1) is 0 Å². The Morgan fingerprint density at radius 3 is 2.06 bits per heavy atom. The third-order valence-electron chi connectivity index (χ3n) is 8.29. The first-order valence-electron chi connectivity index (χ1n) is 15.6. The van der Waals surface area contributed by atoms with Crippen molar-refractivity contribution in [2.45, 2.75) is 38.8 Å². The van der Waals surface area contributed by atoms with Gasteiger partial charge in [-0.2, -0.15) is 9.59 Å². The lowest BCUT2D eigenvalue weighted by Crippen LogP contribution is -2.41. The summed E-state index contributed by atoms with van der Waals surface area (Å²) >= 11 is 0. The fourth-order valence-electron chi connectivity index (χ4n) is 5.70. The number of hydrazine groups is 1. The maximum atomic E-state index is 13.2. The lowest BCUT2D eigenvalue weighted by molar-refractivity contribution is -0.191. The van der Waals surface area contributed by atoms with E-state index in [9.17, 15) is 19.2 Å². The molecule has 3 aromatic carbocycles. The molecule has 3 amide bonds. The van der Waals surface area contributed by atoms with E-state index in [-0.39, 0.29) is 49.9 Å². The van der Waals surface area contributed by atoms with Crippen molar-refractivity contribution in [3.05, 3.63) is 95.7 Å². The van der Waals surface area contributed by atoms with Crippen LogP contribution in [0.15, 0.2) is 78.9 Å². The number of carbonyl (C=O) groups is 4. The van der Waals surface area contributed by atoms with E-state index in [0.717, 1.165) is 27.7 Å². The molecule has 0 saturated heterocycles. The Kier molecular flexibility index (Phi) is 12.4. The number of aryl methyl sites for hydroxylation is 1. The fourth-order valence-corrected chi connectivity index (χ4v) is 5.70. The number of amides is 3. The van der Waals surface area contributed by atoms with Crippen LogP contribution in [0.1, 0.15) is 42.5 Å². The van der Waals surface area contributed by atoms with Crippen LogP contribution < -0.4 is 10.6 Å². The standard InChI is InChI=1S/C35H39N5O5.CO2/c1-4-26(41)20-36-34(43)21-37-33(42)17-18-40-25(19-24-11-5-10-16-32(24)40)22-38(2)39(3)35(44)45-23-31-29-14-8-6-12-27(29)28-13-7-9-15-30(28)31;2-1-3/h5-16,19,31H,4,17-18,20-23H2,1-3H3,(H,36,43)(H,37,42);. The molecule has 2 N–H and O–H groups in total. The number of rotatable bonds is 13. The number of carbonyl (C=O) groups excluding carboxylic acids is 6. The monoisotopic (exact) mass is 653 g/mol. The molecule has 1 aliphatic rings. The van der Waals surface area contributed by atoms with Crippen LogP contribution in [-0.4, -0.2) is 78.2 Å². The van der Waals surface area contributed by atoms with E-state index in [4.69, 9.17) is 14.3 Å². The quantitative estimate of drug-likeness (QED) is 0.207. The van der Waals surface area contributed by atoms with Gasteiger partial charge in [-0.25, -0.2) is 14.8 Å². The zero-order valence-electron chi connectivity index (χ0n) is 27.2. The number of ketones is 1. The molecular formula is C36H39N5O7. The first kappa shape index (κ1) is 35.3. The van der Waals surface area contributed by atoms with Gasteiger partial charge in [0.2, 0.25) is 11.8 Å². The minimum Gasteiger partial charge on any atom is -0.447 e. The van der Waals surface area contributed by atoms with Crippen LogP contribution in [0.25, 0.3) is 22.0 Å². The molecule has 0 saturated carbocycles. The number of para-hydroxylation sites is 1. The number of ether oxygens (including phenoxy) is 1. The normalized spacial score (nSPS) is 11.5. The highest BCUT2D eigenvalue weighted by Gasteiger charge is 2.30. The van der Waals surface area contributed by atoms with Crippen molar-refractivity contribution in [2.75, 3.05) is 33.8 Å². The number of aromatic nitrogens is 1. The van der Waals surface area contributed by atoms with Gasteiger partial charge in [0.05, 0.1) is 19.6 Å². The number of Topliss-reactive ketones (excluding diaryl/α,β-unsaturated/α-hetero) is 1. The summed E-state index contributed by atoms with van der Waals surface area (Å²) in [5.41, 5.74) is 6.54. The highest BCUT2D eigenvalue weighted by molar-refractivity contribution is 5.89. The van der Waals surface area contributed by atoms with Gasteiger partial charge < -0.3 is 19.9 Å². The summed E-state index contributed by atoms with van der Waals surface area (Å²) in [5.74, 6) is -0.787. The predicted octanol–water partition coefficient (Wildman–Crippen LogP) is 3.89. The van der Waals surface area contributed by atoms with E-state index in [1.54, 1.807) is 19.0 Å². The van der Waals surface area contributed by atoms with E-state index < -0.39 is 12.0 Å². The van der Waals surface area contributed by atoms with Gasteiger partial charge in [0.25, 0.3) is 0 Å². The van der Waals surface area contributed by atoms with Crippen molar-refractivity contribution in [2.24, 2.45) is 0 Å². The van der Waals surface area contributed by atoms with E-state index in [0.29, 0.717) is 19.5 Å². The summed E-state index contributed by atoms with van der Waals surface area (Å²) in [7, 11) is 3.50. The number of hydrogen-bond donors (Lipinski definition) is 2. The first-order valence-corrected chi connectivity index (χ1v) is 15.6. The molecule has 1 aromatic heterocycles. The van der Waals surface area contributed by atoms with E-state index in [1.807, 2.05) is 61.6 Å². The Morgan fingerprint density at radius 2 is 1.42 bits per heavy atom. The number of nitrogens with zero attached hydrogens (tertiary/aromatic N) is 3. The van der Waals surface area contributed by atoms with Gasteiger partial charge in [0.1, 0.15) is 6.61 Å². The van der Waals surface area contributed by atoms with Gasteiger partial charge in [-0.15, -0.1) is 0 Å². The second-order valence-corrected chi connectivity index (χ2v) is 11.3. The average molecular weight is 654 g/mol. The van der Waals surface area contributed by atoms with Gasteiger partial charge in [0, 0.05) is 50.6 Å². The SMILES string of the molecule is CCC(=O)CNC(=O)CNC(=O)CCn1c(CN(C)N(C)C(=O)OCC2c3ccccc3-c3ccccc32)cc2ccccc21.O=C=O. The lowest BCUT2D eigenvalue weighted by Gasteiger charge is -2.28. The molecule has 48 heavy (non-hydrogen) atoms. The molecule has 1 heterocycles. The van der Waals surface area contributed by atoms with Crippen LogP contribution in [0.5, 0.6) is 0 Å². The molecule has 0 radical (unpaired) electrons. The van der Waals surface area contributed by atoms with Gasteiger partial charge in [0.15, 0.2) is 5.78 Å². The van der Waals surface area contributed by atoms with Crippen molar-refractivity contribution in [1.82, 2.24) is 25.2 Å². The predicted molar refractivity (Wildman–Crippen MR) is 177 cm³/mol. The zero-order chi connectivity index (χ0) is 34.6. The molecule has 0 fully saturated rings. The van der Waals surface area contributed by atoms with E-state index in [2.05, 4.69) is 39.5 Å². The van der Waals surface area contributed by atoms with Crippen molar-refractivity contribution >= 4 is 40.7 Å². The summed E-state index contributed by atoms with van der Waals surface area (Å²) < 4.78 is 7.90. The molecule has 250 valence electrons. The Labute approximate surface area is 278 Å². The van der Waals surface area contributed by atoms with Crippen molar-refractivity contribution < 1.29 is 33.5 Å². The second kappa shape index (κ2) is 16.8. The Hall–Kier alpha value is -5.58. The average Bonchev–Trinajstić information content (AvgIpc) is 3.62. The molecule has 12 nitrogen and oxygen atoms in total. The zero-order valence-corrected chi connectivity index (χ0v) is 27.2. The summed E-state index contributed by atoms with van der Waals surface area (Å²) in [4.78, 5) is 65.4. The fraction of sp³-hybridized carbons (Fsp3) is 0.306. The largest absolute Gasteiger partial charge is 0.447 e. The lowest BCUT2D eigenvalue weighted by atomic mass is 9.98. The van der Waals surface area contributed by atoms with Crippen LogP contribution in [-0.2, 0) is 41.8 Å². The summed E-state index contributed by atoms with van der Waals surface area (Å²) in [6.07, 6.45) is 0.287. The summed E-state index contributed by atoms with van der Waals surface area (Å²) in [6.45, 7) is 2.50. The highest BCUT2D eigenvalue weighted by atomic mass is 16.6.